The van der Waals surface area contributed by atoms with E-state index in [0.29, 0.717) is 5.02 Å². The first-order chi connectivity index (χ1) is 8.20. The minimum absolute atomic E-state index is 0.633. The predicted octanol–water partition coefficient (Wildman–Crippen LogP) is 4.26. The minimum atomic E-state index is -1.23. The Kier molecular flexibility index (Phi) is 4.64. The van der Waals surface area contributed by atoms with Gasteiger partial charge in [-0.3, -0.25) is 0 Å². The molecule has 0 aliphatic carbocycles. The molecule has 90 valence electrons. The van der Waals surface area contributed by atoms with Gasteiger partial charge in [-0.1, -0.05) is 22.9 Å². The summed E-state index contributed by atoms with van der Waals surface area (Å²) in [5, 5.41) is 2.54. The normalized spacial score (nSPS) is 12.4. The summed E-state index contributed by atoms with van der Waals surface area (Å²) >= 11 is 7.77. The lowest BCUT2D eigenvalue weighted by Gasteiger charge is -2.12. The largest absolute Gasteiger partial charge is 0.587 e. The molecule has 0 fully saturated rings. The first-order valence-electron chi connectivity index (χ1n) is 4.76. The third-order valence-electron chi connectivity index (χ3n) is 2.04. The van der Waals surface area contributed by atoms with Gasteiger partial charge in [-0.25, -0.2) is 4.72 Å². The highest BCUT2D eigenvalue weighted by atomic mass is 35.5. The van der Waals surface area contributed by atoms with Gasteiger partial charge in [0, 0.05) is 16.0 Å². The maximum absolute atomic E-state index is 12.0. The molecule has 1 atom stereocenters. The molecule has 0 spiro atoms. The molecule has 1 aromatic carbocycles. The van der Waals surface area contributed by atoms with Crippen molar-refractivity contribution in [3.05, 3.63) is 40.7 Å². The fourth-order valence-corrected chi connectivity index (χ4v) is 3.81. The smallest absolute Gasteiger partial charge is 0.233 e. The van der Waals surface area contributed by atoms with Crippen molar-refractivity contribution >= 4 is 51.7 Å². The molecule has 0 aliphatic heterocycles. The van der Waals surface area contributed by atoms with E-state index in [9.17, 15) is 4.55 Å². The lowest BCUT2D eigenvalue weighted by atomic mass is 10.3. The standard InChI is InChI=1S/C11H10ClNOS3/c1-15-10-5-4-8(12)7-9(10)13-17(14)11-3-2-6-16-11/h2-7,13H,1H3. The van der Waals surface area contributed by atoms with Crippen LogP contribution in [0.2, 0.25) is 5.02 Å². The SMILES string of the molecule is CSc1ccc(Cl)cc1N[S+]([O-])c1cccs1. The Morgan fingerprint density at radius 1 is 1.41 bits per heavy atom. The van der Waals surface area contributed by atoms with Crippen LogP contribution in [0.3, 0.4) is 0 Å². The second-order valence-electron chi connectivity index (χ2n) is 3.15. The van der Waals surface area contributed by atoms with Crippen LogP contribution in [0.4, 0.5) is 5.69 Å². The summed E-state index contributed by atoms with van der Waals surface area (Å²) in [5.41, 5.74) is 0.803. The quantitative estimate of drug-likeness (QED) is 0.677. The number of rotatable bonds is 4. The van der Waals surface area contributed by atoms with Gasteiger partial charge in [0.15, 0.2) is 0 Å². The van der Waals surface area contributed by atoms with Gasteiger partial charge in [0.2, 0.25) is 4.21 Å². The molecule has 0 radical (unpaired) electrons. The third-order valence-corrected chi connectivity index (χ3v) is 5.38. The van der Waals surface area contributed by atoms with E-state index in [1.807, 2.05) is 35.9 Å². The molecule has 0 bridgehead atoms. The maximum atomic E-state index is 12.0. The number of halogens is 1. The molecule has 2 aromatic rings. The Morgan fingerprint density at radius 2 is 2.24 bits per heavy atom. The molecule has 6 heteroatoms. The summed E-state index contributed by atoms with van der Waals surface area (Å²) in [7, 11) is 0. The minimum Gasteiger partial charge on any atom is -0.587 e. The Bertz CT molecular complexity index is 489. The number of anilines is 1. The zero-order valence-corrected chi connectivity index (χ0v) is 12.2. The summed E-state index contributed by atoms with van der Waals surface area (Å²) in [5.74, 6) is 0. The van der Waals surface area contributed by atoms with Gasteiger partial charge < -0.3 is 4.55 Å². The first-order valence-corrected chi connectivity index (χ1v) is 8.39. The van der Waals surface area contributed by atoms with Crippen LogP contribution in [0.5, 0.6) is 0 Å². The summed E-state index contributed by atoms with van der Waals surface area (Å²) in [6.45, 7) is 0. The molecule has 0 saturated heterocycles. The second kappa shape index (κ2) is 6.02. The molecule has 0 amide bonds. The highest BCUT2D eigenvalue weighted by Crippen LogP contribution is 2.30. The summed E-state index contributed by atoms with van der Waals surface area (Å²) in [4.78, 5) is 1.03. The van der Waals surface area contributed by atoms with E-state index in [0.717, 1.165) is 14.8 Å². The molecule has 2 rings (SSSR count). The molecule has 1 N–H and O–H groups in total. The Balaban J connectivity index is 2.20. The molecule has 17 heavy (non-hydrogen) atoms. The van der Waals surface area contributed by atoms with Gasteiger partial charge in [-0.2, -0.15) is 0 Å². The number of benzene rings is 1. The average molecular weight is 304 g/mol. The summed E-state index contributed by atoms with van der Waals surface area (Å²) < 4.78 is 15.8. The monoisotopic (exact) mass is 303 g/mol. The zero-order valence-electron chi connectivity index (χ0n) is 8.98. The molecule has 1 heterocycles. The number of nitrogens with one attached hydrogen (secondary N) is 1. The average Bonchev–Trinajstić information content (AvgIpc) is 2.83. The van der Waals surface area contributed by atoms with Gasteiger partial charge in [-0.05, 0) is 35.9 Å². The molecular weight excluding hydrogens is 294 g/mol. The highest BCUT2D eigenvalue weighted by Gasteiger charge is 2.14. The van der Waals surface area contributed by atoms with Gasteiger partial charge in [0.05, 0.1) is 5.69 Å². The van der Waals surface area contributed by atoms with Crippen molar-refractivity contribution in [3.8, 4) is 0 Å². The topological polar surface area (TPSA) is 35.1 Å². The lowest BCUT2D eigenvalue weighted by molar-refractivity contribution is 0.602. The number of thiophene rings is 1. The van der Waals surface area contributed by atoms with Gasteiger partial charge in [0.25, 0.3) is 0 Å². The van der Waals surface area contributed by atoms with Crippen molar-refractivity contribution in [1.29, 1.82) is 0 Å². The second-order valence-corrected chi connectivity index (χ2v) is 6.82. The van der Waals surface area contributed by atoms with Crippen molar-refractivity contribution in [3.63, 3.8) is 0 Å². The van der Waals surface area contributed by atoms with Crippen molar-refractivity contribution in [1.82, 2.24) is 0 Å². The first kappa shape index (κ1) is 13.1. The Hall–Kier alpha value is -0.330. The fraction of sp³-hybridized carbons (Fsp3) is 0.0909. The molecule has 2 nitrogen and oxygen atoms in total. The zero-order chi connectivity index (χ0) is 12.3. The van der Waals surface area contributed by atoms with E-state index in [1.165, 1.54) is 11.3 Å². The van der Waals surface area contributed by atoms with Gasteiger partial charge >= 0.3 is 0 Å². The predicted molar refractivity (Wildman–Crippen MR) is 77.6 cm³/mol. The van der Waals surface area contributed by atoms with Crippen LogP contribution in [-0.4, -0.2) is 10.8 Å². The van der Waals surface area contributed by atoms with E-state index in [1.54, 1.807) is 17.8 Å². The van der Waals surface area contributed by atoms with Crippen LogP contribution in [0, 0.1) is 0 Å². The number of hydrogen-bond donors (Lipinski definition) is 1. The Morgan fingerprint density at radius 3 is 2.88 bits per heavy atom. The van der Waals surface area contributed by atoms with Crippen LogP contribution >= 0.6 is 34.7 Å². The molecule has 1 aromatic heterocycles. The van der Waals surface area contributed by atoms with E-state index < -0.39 is 11.4 Å². The van der Waals surface area contributed by atoms with Crippen molar-refractivity contribution in [2.75, 3.05) is 11.0 Å². The number of hydrogen-bond acceptors (Lipinski definition) is 4. The summed E-state index contributed by atoms with van der Waals surface area (Å²) in [6, 6.07) is 9.26. The molecule has 0 saturated carbocycles. The van der Waals surface area contributed by atoms with Crippen LogP contribution < -0.4 is 4.72 Å². The van der Waals surface area contributed by atoms with Crippen molar-refractivity contribution in [2.45, 2.75) is 9.10 Å². The van der Waals surface area contributed by atoms with E-state index in [2.05, 4.69) is 4.72 Å². The molecule has 1 unspecified atom stereocenters. The fourth-order valence-electron chi connectivity index (χ4n) is 1.28. The lowest BCUT2D eigenvalue weighted by Crippen LogP contribution is -2.12. The van der Waals surface area contributed by atoms with Gasteiger partial charge in [0.1, 0.15) is 11.4 Å². The van der Waals surface area contributed by atoms with Crippen molar-refractivity contribution < 1.29 is 4.55 Å². The van der Waals surface area contributed by atoms with E-state index in [-0.39, 0.29) is 0 Å². The van der Waals surface area contributed by atoms with E-state index >= 15 is 0 Å². The Labute approximate surface area is 117 Å². The highest BCUT2D eigenvalue weighted by molar-refractivity contribution is 7.99. The third kappa shape index (κ3) is 3.33. The van der Waals surface area contributed by atoms with Crippen molar-refractivity contribution in [2.24, 2.45) is 0 Å². The van der Waals surface area contributed by atoms with E-state index in [4.69, 9.17) is 11.6 Å². The molecular formula is C11H10ClNOS3. The van der Waals surface area contributed by atoms with Crippen LogP contribution in [-0.2, 0) is 11.4 Å². The van der Waals surface area contributed by atoms with Crippen LogP contribution in [0.25, 0.3) is 0 Å². The van der Waals surface area contributed by atoms with Gasteiger partial charge in [-0.15, -0.1) is 11.8 Å². The molecule has 0 aliphatic rings. The summed E-state index contributed by atoms with van der Waals surface area (Å²) in [6.07, 6.45) is 1.97. The number of thioether (sulfide) groups is 1. The maximum Gasteiger partial charge on any atom is 0.233 e. The van der Waals surface area contributed by atoms with Crippen LogP contribution in [0.15, 0.2) is 44.8 Å². The van der Waals surface area contributed by atoms with Crippen LogP contribution in [0.1, 0.15) is 0 Å².